The second-order valence-electron chi connectivity index (χ2n) is 5.56. The summed E-state index contributed by atoms with van der Waals surface area (Å²) in [6.07, 6.45) is 0. The van der Waals surface area contributed by atoms with Crippen LogP contribution in [0.4, 0.5) is 4.39 Å². The molecule has 106 valence electrons. The lowest BCUT2D eigenvalue weighted by Crippen LogP contribution is -2.13. The van der Waals surface area contributed by atoms with Gasteiger partial charge in [-0.25, -0.2) is 9.37 Å². The molecule has 0 saturated carbocycles. The predicted octanol–water partition coefficient (Wildman–Crippen LogP) is 3.37. The van der Waals surface area contributed by atoms with Crippen molar-refractivity contribution >= 4 is 21.8 Å². The van der Waals surface area contributed by atoms with Crippen molar-refractivity contribution in [2.24, 2.45) is 5.73 Å². The minimum Gasteiger partial charge on any atom is -0.366 e. The molecular formula is C14H15BrFN3O. The van der Waals surface area contributed by atoms with E-state index >= 15 is 0 Å². The Morgan fingerprint density at radius 3 is 2.50 bits per heavy atom. The standard InChI is InChI=1S/C14H15BrFN3O/c1-14(2,3)13-18-10(11(15)19-13)7-4-5-8(12(17)20)9(16)6-7/h4-6H,1-3H3,(H2,17,20)(H,18,19). The van der Waals surface area contributed by atoms with Crippen molar-refractivity contribution in [3.05, 3.63) is 40.0 Å². The lowest BCUT2D eigenvalue weighted by molar-refractivity contribution is 0.0996. The molecule has 1 heterocycles. The summed E-state index contributed by atoms with van der Waals surface area (Å²) >= 11 is 3.39. The number of nitrogens with two attached hydrogens (primary N) is 1. The molecule has 1 aromatic carbocycles. The zero-order valence-electron chi connectivity index (χ0n) is 11.4. The van der Waals surface area contributed by atoms with Gasteiger partial charge in [0.05, 0.1) is 5.56 Å². The van der Waals surface area contributed by atoms with Crippen LogP contribution in [0.25, 0.3) is 11.3 Å². The van der Waals surface area contributed by atoms with Crippen molar-refractivity contribution in [3.63, 3.8) is 0 Å². The molecule has 4 nitrogen and oxygen atoms in total. The molecule has 20 heavy (non-hydrogen) atoms. The normalized spacial score (nSPS) is 11.7. The van der Waals surface area contributed by atoms with Gasteiger partial charge >= 0.3 is 0 Å². The molecule has 0 radical (unpaired) electrons. The molecule has 3 N–H and O–H groups in total. The van der Waals surface area contributed by atoms with Crippen LogP contribution < -0.4 is 5.73 Å². The summed E-state index contributed by atoms with van der Waals surface area (Å²) in [4.78, 5) is 18.6. The number of carbonyl (C=O) groups excluding carboxylic acids is 1. The number of nitrogens with one attached hydrogen (secondary N) is 1. The lowest BCUT2D eigenvalue weighted by atomic mass is 9.96. The summed E-state index contributed by atoms with van der Waals surface area (Å²) in [5.41, 5.74) is 5.99. The Labute approximate surface area is 124 Å². The van der Waals surface area contributed by atoms with Crippen molar-refractivity contribution in [2.75, 3.05) is 0 Å². The second-order valence-corrected chi connectivity index (χ2v) is 6.35. The summed E-state index contributed by atoms with van der Waals surface area (Å²) in [6, 6.07) is 4.24. The summed E-state index contributed by atoms with van der Waals surface area (Å²) in [5, 5.41) is 0. The number of benzene rings is 1. The Kier molecular flexibility index (Phi) is 3.69. The quantitative estimate of drug-likeness (QED) is 0.880. The van der Waals surface area contributed by atoms with Gasteiger partial charge < -0.3 is 10.7 Å². The molecule has 0 aliphatic heterocycles. The van der Waals surface area contributed by atoms with Crippen LogP contribution in [0.15, 0.2) is 22.8 Å². The smallest absolute Gasteiger partial charge is 0.251 e. The second kappa shape index (κ2) is 5.01. The van der Waals surface area contributed by atoms with Crippen LogP contribution in [-0.2, 0) is 5.41 Å². The van der Waals surface area contributed by atoms with E-state index in [1.165, 1.54) is 12.1 Å². The van der Waals surface area contributed by atoms with Crippen LogP contribution in [0.1, 0.15) is 37.0 Å². The van der Waals surface area contributed by atoms with E-state index < -0.39 is 11.7 Å². The summed E-state index contributed by atoms with van der Waals surface area (Å²) in [6.45, 7) is 6.08. The van der Waals surface area contributed by atoms with Crippen LogP contribution in [0.5, 0.6) is 0 Å². The number of carbonyl (C=O) groups is 1. The molecule has 1 aromatic heterocycles. The average Bonchev–Trinajstić information content (AvgIpc) is 2.70. The van der Waals surface area contributed by atoms with E-state index in [2.05, 4.69) is 25.9 Å². The molecule has 0 atom stereocenters. The first-order valence-corrected chi connectivity index (χ1v) is 6.85. The first-order chi connectivity index (χ1) is 9.20. The Morgan fingerprint density at radius 1 is 1.40 bits per heavy atom. The molecule has 6 heteroatoms. The van der Waals surface area contributed by atoms with Gasteiger partial charge in [-0.1, -0.05) is 26.8 Å². The van der Waals surface area contributed by atoms with Crippen LogP contribution in [0, 0.1) is 5.82 Å². The van der Waals surface area contributed by atoms with Crippen LogP contribution >= 0.6 is 15.9 Å². The van der Waals surface area contributed by atoms with Crippen molar-refractivity contribution in [3.8, 4) is 11.3 Å². The number of primary amides is 1. The summed E-state index contributed by atoms with van der Waals surface area (Å²) in [5.74, 6) is -0.647. The molecule has 0 bridgehead atoms. The molecular weight excluding hydrogens is 325 g/mol. The van der Waals surface area contributed by atoms with Gasteiger partial charge in [0.15, 0.2) is 0 Å². The molecule has 0 aliphatic carbocycles. The van der Waals surface area contributed by atoms with E-state index in [4.69, 9.17) is 5.73 Å². The number of halogens is 2. The van der Waals surface area contributed by atoms with Gasteiger partial charge in [-0.05, 0) is 28.1 Å². The molecule has 0 fully saturated rings. The van der Waals surface area contributed by atoms with Gasteiger partial charge in [0, 0.05) is 11.0 Å². The third kappa shape index (κ3) is 2.75. The highest BCUT2D eigenvalue weighted by Gasteiger charge is 2.21. The maximum absolute atomic E-state index is 13.8. The number of hydrogen-bond donors (Lipinski definition) is 2. The topological polar surface area (TPSA) is 71.8 Å². The van der Waals surface area contributed by atoms with Gasteiger partial charge in [0.2, 0.25) is 0 Å². The van der Waals surface area contributed by atoms with Crippen molar-refractivity contribution in [2.45, 2.75) is 26.2 Å². The predicted molar refractivity (Wildman–Crippen MR) is 78.9 cm³/mol. The fourth-order valence-corrected chi connectivity index (χ4v) is 2.27. The van der Waals surface area contributed by atoms with E-state index in [1.807, 2.05) is 20.8 Å². The number of H-pyrrole nitrogens is 1. The van der Waals surface area contributed by atoms with Gasteiger partial charge in [0.1, 0.15) is 21.9 Å². The van der Waals surface area contributed by atoms with Crippen LogP contribution in [-0.4, -0.2) is 15.9 Å². The molecule has 2 aromatic rings. The Bertz CT molecular complexity index is 674. The van der Waals surface area contributed by atoms with Gasteiger partial charge in [-0.15, -0.1) is 0 Å². The number of amides is 1. The zero-order valence-corrected chi connectivity index (χ0v) is 13.0. The maximum Gasteiger partial charge on any atom is 0.251 e. The monoisotopic (exact) mass is 339 g/mol. The molecule has 1 amide bonds. The maximum atomic E-state index is 13.8. The highest BCUT2D eigenvalue weighted by Crippen LogP contribution is 2.31. The Morgan fingerprint density at radius 2 is 2.05 bits per heavy atom. The SMILES string of the molecule is CC(C)(C)c1nc(-c2ccc(C(N)=O)c(F)c2)c(Br)[nH]1. The first kappa shape index (κ1) is 14.7. The molecule has 0 unspecified atom stereocenters. The molecule has 0 aliphatic rings. The molecule has 2 rings (SSSR count). The van der Waals surface area contributed by atoms with Crippen LogP contribution in [0.3, 0.4) is 0 Å². The average molecular weight is 340 g/mol. The lowest BCUT2D eigenvalue weighted by Gasteiger charge is -2.13. The fraction of sp³-hybridized carbons (Fsp3) is 0.286. The summed E-state index contributed by atoms with van der Waals surface area (Å²) < 4.78 is 14.5. The van der Waals surface area contributed by atoms with E-state index in [1.54, 1.807) is 6.07 Å². The van der Waals surface area contributed by atoms with Gasteiger partial charge in [0.25, 0.3) is 5.91 Å². The zero-order chi connectivity index (χ0) is 15.1. The minimum atomic E-state index is -0.787. The fourth-order valence-electron chi connectivity index (χ4n) is 1.76. The highest BCUT2D eigenvalue weighted by atomic mass is 79.9. The minimum absolute atomic E-state index is 0.128. The number of imidazole rings is 1. The first-order valence-electron chi connectivity index (χ1n) is 6.06. The number of nitrogens with zero attached hydrogens (tertiary/aromatic N) is 1. The van der Waals surface area contributed by atoms with Crippen LogP contribution in [0.2, 0.25) is 0 Å². The summed E-state index contributed by atoms with van der Waals surface area (Å²) in [7, 11) is 0. The van der Waals surface area contributed by atoms with Crippen molar-refractivity contribution in [1.29, 1.82) is 0 Å². The third-order valence-electron chi connectivity index (χ3n) is 2.88. The van der Waals surface area contributed by atoms with E-state index in [0.29, 0.717) is 15.9 Å². The highest BCUT2D eigenvalue weighted by molar-refractivity contribution is 9.10. The van der Waals surface area contributed by atoms with Gasteiger partial charge in [-0.2, -0.15) is 0 Å². The largest absolute Gasteiger partial charge is 0.366 e. The number of hydrogen-bond acceptors (Lipinski definition) is 2. The van der Waals surface area contributed by atoms with Gasteiger partial charge in [-0.3, -0.25) is 4.79 Å². The third-order valence-corrected chi connectivity index (χ3v) is 3.45. The van der Waals surface area contributed by atoms with Crippen molar-refractivity contribution < 1.29 is 9.18 Å². The molecule has 0 spiro atoms. The Hall–Kier alpha value is -1.69. The number of aromatic nitrogens is 2. The Balaban J connectivity index is 2.50. The van der Waals surface area contributed by atoms with E-state index in [0.717, 1.165) is 5.82 Å². The van der Waals surface area contributed by atoms with E-state index in [-0.39, 0.29) is 11.0 Å². The van der Waals surface area contributed by atoms with E-state index in [9.17, 15) is 9.18 Å². The number of aromatic amines is 1. The number of rotatable bonds is 2. The molecule has 0 saturated heterocycles. The van der Waals surface area contributed by atoms with Crippen molar-refractivity contribution in [1.82, 2.24) is 9.97 Å².